The van der Waals surface area contributed by atoms with E-state index in [2.05, 4.69) is 32.0 Å². The number of rotatable bonds is 3. The van der Waals surface area contributed by atoms with Gasteiger partial charge in [0.1, 0.15) is 6.07 Å². The van der Waals surface area contributed by atoms with Crippen LogP contribution in [0.3, 0.4) is 0 Å². The molecule has 3 nitrogen and oxygen atoms in total. The Labute approximate surface area is 147 Å². The summed E-state index contributed by atoms with van der Waals surface area (Å²) in [5, 5.41) is 16.7. The lowest BCUT2D eigenvalue weighted by molar-refractivity contribution is 0.275. The summed E-state index contributed by atoms with van der Waals surface area (Å²) in [4.78, 5) is 0. The van der Waals surface area contributed by atoms with Crippen molar-refractivity contribution in [2.45, 2.75) is 63.8 Å². The van der Waals surface area contributed by atoms with Gasteiger partial charge in [0.05, 0.1) is 28.4 Å². The molecule has 2 unspecified atom stereocenters. The predicted octanol–water partition coefficient (Wildman–Crippen LogP) is 5.14. The van der Waals surface area contributed by atoms with Gasteiger partial charge in [-0.05, 0) is 43.3 Å². The summed E-state index contributed by atoms with van der Waals surface area (Å²) in [5.41, 5.74) is 3.37. The van der Waals surface area contributed by atoms with Gasteiger partial charge < -0.3 is 8.52 Å². The molecule has 0 saturated heterocycles. The summed E-state index contributed by atoms with van der Waals surface area (Å²) in [7, 11) is 0. The molecule has 118 valence electrons. The second kappa shape index (κ2) is 7.16. The molecule has 4 heteroatoms. The minimum absolute atomic E-state index is 0.499. The molecule has 0 aromatic rings. The van der Waals surface area contributed by atoms with Crippen molar-refractivity contribution in [1.29, 1.82) is 10.7 Å². The summed E-state index contributed by atoms with van der Waals surface area (Å²) in [6, 6.07) is 2.79. The second-order valence-corrected chi connectivity index (χ2v) is 7.84. The van der Waals surface area contributed by atoms with Gasteiger partial charge in [-0.1, -0.05) is 32.1 Å². The number of allylic oxidation sites excluding steroid dienone is 3. The second-order valence-electron chi connectivity index (χ2n) is 6.80. The fraction of sp³-hybridized carbons (Fsp3) is 0.667. The van der Waals surface area contributed by atoms with E-state index in [1.54, 1.807) is 0 Å². The molecule has 2 atom stereocenters. The van der Waals surface area contributed by atoms with Crippen LogP contribution in [0, 0.1) is 28.6 Å². The summed E-state index contributed by atoms with van der Waals surface area (Å²) in [6.45, 7) is 0. The number of halogens is 1. The first-order chi connectivity index (χ1) is 10.8. The van der Waals surface area contributed by atoms with Crippen LogP contribution in [0.2, 0.25) is 0 Å². The van der Waals surface area contributed by atoms with Crippen LogP contribution in [0.25, 0.3) is 0 Å². The van der Waals surface area contributed by atoms with Crippen molar-refractivity contribution in [2.75, 3.05) is 0 Å². The zero-order chi connectivity index (χ0) is 15.5. The average molecular weight is 409 g/mol. The number of hydrogen-bond donors (Lipinski definition) is 1. The third-order valence-corrected chi connectivity index (χ3v) is 6.77. The van der Waals surface area contributed by atoms with Crippen molar-refractivity contribution < 1.29 is 0 Å². The van der Waals surface area contributed by atoms with Gasteiger partial charge in [-0.2, -0.15) is 5.26 Å². The highest BCUT2D eigenvalue weighted by Gasteiger charge is 2.42. The van der Waals surface area contributed by atoms with E-state index in [0.29, 0.717) is 23.5 Å². The number of nitrogens with zero attached hydrogens (tertiary/aromatic N) is 2. The molecule has 3 rings (SSSR count). The van der Waals surface area contributed by atoms with Crippen LogP contribution < -0.4 is 0 Å². The zero-order valence-corrected chi connectivity index (χ0v) is 15.2. The molecule has 2 fully saturated rings. The molecule has 0 radical (unpaired) electrons. The molecule has 0 aromatic carbocycles. The van der Waals surface area contributed by atoms with Crippen LogP contribution in [-0.2, 0) is 0 Å². The van der Waals surface area contributed by atoms with Gasteiger partial charge >= 0.3 is 0 Å². The fourth-order valence-electron chi connectivity index (χ4n) is 4.48. The molecular formula is C18H24IN3. The van der Waals surface area contributed by atoms with E-state index in [1.807, 2.05) is 6.08 Å². The Hall–Kier alpha value is -0.830. The molecule has 0 bridgehead atoms. The van der Waals surface area contributed by atoms with Gasteiger partial charge in [-0.3, -0.25) is 0 Å². The van der Waals surface area contributed by atoms with Crippen molar-refractivity contribution in [1.82, 2.24) is 3.11 Å². The molecule has 1 aliphatic heterocycles. The largest absolute Gasteiger partial charge is 0.314 e. The van der Waals surface area contributed by atoms with E-state index in [0.717, 1.165) is 0 Å². The lowest BCUT2D eigenvalue weighted by Gasteiger charge is -2.33. The number of hydrogen-bond acceptors (Lipinski definition) is 3. The molecule has 0 amide bonds. The Morgan fingerprint density at radius 3 is 2.50 bits per heavy atom. The van der Waals surface area contributed by atoms with Gasteiger partial charge in [0.25, 0.3) is 0 Å². The van der Waals surface area contributed by atoms with Gasteiger partial charge in [0.15, 0.2) is 0 Å². The predicted molar refractivity (Wildman–Crippen MR) is 97.7 cm³/mol. The number of nitriles is 1. The SMILES string of the molecule is N#C/C(C=N)=C/C1=C(C2CCCCC2)N(I)C2CCCCC12. The van der Waals surface area contributed by atoms with E-state index >= 15 is 0 Å². The summed E-state index contributed by atoms with van der Waals surface area (Å²) in [5.74, 6) is 1.24. The normalized spacial score (nSPS) is 30.2. The van der Waals surface area contributed by atoms with Crippen LogP contribution in [0.5, 0.6) is 0 Å². The summed E-state index contributed by atoms with van der Waals surface area (Å²) < 4.78 is 2.52. The van der Waals surface area contributed by atoms with Gasteiger partial charge in [-0.25, -0.2) is 0 Å². The van der Waals surface area contributed by atoms with Gasteiger partial charge in [-0.15, -0.1) is 0 Å². The lowest BCUT2D eigenvalue weighted by atomic mass is 9.79. The molecule has 2 saturated carbocycles. The molecule has 1 N–H and O–H groups in total. The van der Waals surface area contributed by atoms with E-state index in [1.165, 1.54) is 75.3 Å². The van der Waals surface area contributed by atoms with Crippen molar-refractivity contribution in [3.63, 3.8) is 0 Å². The molecule has 2 aliphatic carbocycles. The van der Waals surface area contributed by atoms with Crippen LogP contribution in [0.4, 0.5) is 0 Å². The van der Waals surface area contributed by atoms with Crippen LogP contribution in [0.15, 0.2) is 22.9 Å². The average Bonchev–Trinajstić information content (AvgIpc) is 2.86. The minimum Gasteiger partial charge on any atom is -0.314 e. The Kier molecular flexibility index (Phi) is 5.22. The van der Waals surface area contributed by atoms with Crippen molar-refractivity contribution in [2.24, 2.45) is 11.8 Å². The smallest absolute Gasteiger partial charge is 0.101 e. The van der Waals surface area contributed by atoms with Crippen molar-refractivity contribution in [3.05, 3.63) is 22.9 Å². The summed E-state index contributed by atoms with van der Waals surface area (Å²) in [6.07, 6.45) is 15.0. The Balaban J connectivity index is 2.01. The maximum absolute atomic E-state index is 9.24. The molecular weight excluding hydrogens is 385 g/mol. The highest BCUT2D eigenvalue weighted by atomic mass is 127. The first-order valence-electron chi connectivity index (χ1n) is 8.57. The Morgan fingerprint density at radius 2 is 1.82 bits per heavy atom. The molecule has 3 aliphatic rings. The van der Waals surface area contributed by atoms with Crippen LogP contribution in [0.1, 0.15) is 57.8 Å². The molecule has 1 heterocycles. The fourth-order valence-corrected chi connectivity index (χ4v) is 5.82. The Morgan fingerprint density at radius 1 is 1.14 bits per heavy atom. The first-order valence-corrected chi connectivity index (χ1v) is 9.54. The third kappa shape index (κ3) is 2.97. The van der Waals surface area contributed by atoms with Crippen LogP contribution in [-0.4, -0.2) is 15.4 Å². The molecule has 22 heavy (non-hydrogen) atoms. The standard InChI is InChI=1S/C18H24IN3/c19-22-17-9-5-4-8-15(17)16(10-13(11-20)12-21)18(22)14-6-2-1-3-7-14/h10-11,14-15,17,20H,1-9H2/b13-10+,20-11?. The lowest BCUT2D eigenvalue weighted by Crippen LogP contribution is -2.31. The molecule has 0 spiro atoms. The van der Waals surface area contributed by atoms with E-state index in [9.17, 15) is 5.26 Å². The van der Waals surface area contributed by atoms with Crippen molar-refractivity contribution in [3.8, 4) is 6.07 Å². The number of nitrogens with one attached hydrogen (secondary N) is 1. The van der Waals surface area contributed by atoms with Crippen molar-refractivity contribution >= 4 is 29.1 Å². The summed E-state index contributed by atoms with van der Waals surface area (Å²) >= 11 is 2.52. The Bertz CT molecular complexity index is 537. The molecule has 0 aromatic heterocycles. The van der Waals surface area contributed by atoms with Gasteiger partial charge in [0, 0.05) is 23.9 Å². The van der Waals surface area contributed by atoms with E-state index in [4.69, 9.17) is 5.41 Å². The number of fused-ring (bicyclic) bond motifs is 1. The maximum Gasteiger partial charge on any atom is 0.101 e. The zero-order valence-electron chi connectivity index (χ0n) is 13.0. The highest BCUT2D eigenvalue weighted by Crippen LogP contribution is 2.49. The quantitative estimate of drug-likeness (QED) is 0.304. The van der Waals surface area contributed by atoms with Gasteiger partial charge in [0.2, 0.25) is 0 Å². The first kappa shape index (κ1) is 16.0. The van der Waals surface area contributed by atoms with E-state index in [-0.39, 0.29) is 0 Å². The minimum atomic E-state index is 0.499. The monoisotopic (exact) mass is 409 g/mol. The van der Waals surface area contributed by atoms with Crippen LogP contribution >= 0.6 is 22.9 Å². The maximum atomic E-state index is 9.24. The van der Waals surface area contributed by atoms with E-state index < -0.39 is 0 Å². The highest BCUT2D eigenvalue weighted by molar-refractivity contribution is 14.1. The third-order valence-electron chi connectivity index (χ3n) is 5.53. The topological polar surface area (TPSA) is 50.9 Å².